The van der Waals surface area contributed by atoms with Gasteiger partial charge in [-0.05, 0) is 45.4 Å². The fourth-order valence-electron chi connectivity index (χ4n) is 3.80. The number of halogens is 3. The molecule has 1 fully saturated rings. The van der Waals surface area contributed by atoms with Gasteiger partial charge in [-0.2, -0.15) is 18.3 Å². The van der Waals surface area contributed by atoms with E-state index in [0.717, 1.165) is 43.6 Å². The minimum absolute atomic E-state index is 0.0698. The number of aromatic nitrogens is 2. The van der Waals surface area contributed by atoms with Gasteiger partial charge in [-0.25, -0.2) is 0 Å². The molecule has 8 heteroatoms. The van der Waals surface area contributed by atoms with Crippen molar-refractivity contribution in [1.29, 1.82) is 0 Å². The Morgan fingerprint density at radius 3 is 2.64 bits per heavy atom. The maximum atomic E-state index is 12.9. The van der Waals surface area contributed by atoms with Crippen molar-refractivity contribution in [1.82, 2.24) is 20.0 Å². The van der Waals surface area contributed by atoms with Gasteiger partial charge in [0.15, 0.2) is 5.69 Å². The Balaban J connectivity index is 1.79. The Morgan fingerprint density at radius 1 is 1.28 bits per heavy atom. The van der Waals surface area contributed by atoms with Gasteiger partial charge in [-0.1, -0.05) is 0 Å². The van der Waals surface area contributed by atoms with E-state index in [0.29, 0.717) is 31.5 Å². The topological polar surface area (TPSA) is 50.2 Å². The molecule has 1 aromatic heterocycles. The van der Waals surface area contributed by atoms with Gasteiger partial charge in [0.25, 0.3) is 5.91 Å². The molecule has 5 nitrogen and oxygen atoms in total. The lowest BCUT2D eigenvalue weighted by Gasteiger charge is -2.28. The maximum Gasteiger partial charge on any atom is 0.401 e. The molecule has 140 valence electrons. The summed E-state index contributed by atoms with van der Waals surface area (Å²) in [7, 11) is 0. The Kier molecular flexibility index (Phi) is 5.36. The molecule has 3 rings (SSSR count). The molecule has 1 N–H and O–H groups in total. The van der Waals surface area contributed by atoms with Crippen LogP contribution in [0, 0.1) is 0 Å². The first-order valence-corrected chi connectivity index (χ1v) is 9.07. The monoisotopic (exact) mass is 358 g/mol. The van der Waals surface area contributed by atoms with Crippen molar-refractivity contribution in [3.63, 3.8) is 0 Å². The first-order chi connectivity index (χ1) is 11.9. The largest absolute Gasteiger partial charge is 0.401 e. The summed E-state index contributed by atoms with van der Waals surface area (Å²) in [4.78, 5) is 14.7. The zero-order chi connectivity index (χ0) is 18.0. The minimum Gasteiger partial charge on any atom is -0.337 e. The lowest BCUT2D eigenvalue weighted by Crippen LogP contribution is -2.41. The molecule has 1 atom stereocenters. The maximum absolute atomic E-state index is 12.9. The summed E-state index contributed by atoms with van der Waals surface area (Å²) in [6.07, 6.45) is 0.622. The number of likely N-dealkylation sites (tertiary alicyclic amines) is 1. The van der Waals surface area contributed by atoms with Crippen LogP contribution in [0.1, 0.15) is 54.4 Å². The standard InChI is InChI=1S/C17H25F3N4O/c1-2-24-14-7-6-12(21-11-17(18,19)20)10-13(14)15(22-24)16(25)23-8-4-3-5-9-23/h12,21H,2-11H2,1H3/t12-/m1/s1. The number of aryl methyl sites for hydroxylation is 1. The average molecular weight is 358 g/mol. The van der Waals surface area contributed by atoms with Gasteiger partial charge in [0.05, 0.1) is 6.54 Å². The first kappa shape index (κ1) is 18.2. The molecule has 1 aliphatic carbocycles. The van der Waals surface area contributed by atoms with Crippen LogP contribution in [0.3, 0.4) is 0 Å². The van der Waals surface area contributed by atoms with Crippen LogP contribution in [0.15, 0.2) is 0 Å². The van der Waals surface area contributed by atoms with Gasteiger partial charge >= 0.3 is 6.18 Å². The van der Waals surface area contributed by atoms with Crippen LogP contribution in [-0.4, -0.2) is 52.4 Å². The van der Waals surface area contributed by atoms with Crippen molar-refractivity contribution in [3.8, 4) is 0 Å². The second kappa shape index (κ2) is 7.35. The van der Waals surface area contributed by atoms with Crippen molar-refractivity contribution in [2.24, 2.45) is 0 Å². The van der Waals surface area contributed by atoms with Crippen LogP contribution in [0.25, 0.3) is 0 Å². The molecule has 25 heavy (non-hydrogen) atoms. The van der Waals surface area contributed by atoms with E-state index in [9.17, 15) is 18.0 Å². The van der Waals surface area contributed by atoms with E-state index in [1.54, 1.807) is 0 Å². The molecule has 2 heterocycles. The van der Waals surface area contributed by atoms with E-state index < -0.39 is 12.7 Å². The number of fused-ring (bicyclic) bond motifs is 1. The summed E-state index contributed by atoms with van der Waals surface area (Å²) in [5.74, 6) is -0.0698. The van der Waals surface area contributed by atoms with Gasteiger partial charge in [0.1, 0.15) is 0 Å². The number of piperidine rings is 1. The third kappa shape index (κ3) is 4.16. The molecule has 0 aromatic carbocycles. The van der Waals surface area contributed by atoms with E-state index in [-0.39, 0.29) is 11.9 Å². The van der Waals surface area contributed by atoms with E-state index in [1.165, 1.54) is 0 Å². The molecular weight excluding hydrogens is 333 g/mol. The molecule has 0 unspecified atom stereocenters. The van der Waals surface area contributed by atoms with Gasteiger partial charge in [0.2, 0.25) is 0 Å². The number of nitrogens with zero attached hydrogens (tertiary/aromatic N) is 3. The summed E-state index contributed by atoms with van der Waals surface area (Å²) >= 11 is 0. The zero-order valence-electron chi connectivity index (χ0n) is 14.5. The predicted octanol–water partition coefficient (Wildman–Crippen LogP) is 2.54. The first-order valence-electron chi connectivity index (χ1n) is 9.07. The van der Waals surface area contributed by atoms with Crippen LogP contribution in [-0.2, 0) is 19.4 Å². The molecule has 0 radical (unpaired) electrons. The Bertz CT molecular complexity index is 620. The molecule has 1 amide bonds. The molecule has 0 saturated carbocycles. The van der Waals surface area contributed by atoms with E-state index in [4.69, 9.17) is 0 Å². The van der Waals surface area contributed by atoms with Crippen molar-refractivity contribution < 1.29 is 18.0 Å². The molecule has 0 bridgehead atoms. The summed E-state index contributed by atoms with van der Waals surface area (Å²) < 4.78 is 39.3. The van der Waals surface area contributed by atoms with E-state index in [1.807, 2.05) is 16.5 Å². The fourth-order valence-corrected chi connectivity index (χ4v) is 3.80. The second-order valence-electron chi connectivity index (χ2n) is 6.88. The molecule has 1 aromatic rings. The zero-order valence-corrected chi connectivity index (χ0v) is 14.5. The van der Waals surface area contributed by atoms with Gasteiger partial charge in [-0.15, -0.1) is 0 Å². The quantitative estimate of drug-likeness (QED) is 0.900. The van der Waals surface area contributed by atoms with Crippen LogP contribution in [0.5, 0.6) is 0 Å². The highest BCUT2D eigenvalue weighted by atomic mass is 19.4. The van der Waals surface area contributed by atoms with Crippen molar-refractivity contribution in [2.75, 3.05) is 19.6 Å². The number of hydrogen-bond acceptors (Lipinski definition) is 3. The van der Waals surface area contributed by atoms with Crippen LogP contribution >= 0.6 is 0 Å². The molecule has 1 aliphatic heterocycles. The van der Waals surface area contributed by atoms with Crippen molar-refractivity contribution in [3.05, 3.63) is 17.0 Å². The van der Waals surface area contributed by atoms with E-state index in [2.05, 4.69) is 10.4 Å². The highest BCUT2D eigenvalue weighted by molar-refractivity contribution is 5.94. The average Bonchev–Trinajstić information content (AvgIpc) is 2.97. The number of carbonyl (C=O) groups excluding carboxylic acids is 1. The number of amides is 1. The van der Waals surface area contributed by atoms with Gasteiger partial charge in [-0.3, -0.25) is 9.48 Å². The third-order valence-electron chi connectivity index (χ3n) is 5.08. The van der Waals surface area contributed by atoms with Crippen molar-refractivity contribution >= 4 is 5.91 Å². The highest BCUT2D eigenvalue weighted by Gasteiger charge is 2.33. The lowest BCUT2D eigenvalue weighted by molar-refractivity contribution is -0.126. The van der Waals surface area contributed by atoms with Crippen molar-refractivity contribution in [2.45, 2.75) is 64.2 Å². The van der Waals surface area contributed by atoms with Gasteiger partial charge in [0, 0.05) is 36.9 Å². The summed E-state index contributed by atoms with van der Waals surface area (Å²) in [6.45, 7) is 3.11. The summed E-state index contributed by atoms with van der Waals surface area (Å²) in [5, 5.41) is 7.09. The molecular formula is C17H25F3N4O. The van der Waals surface area contributed by atoms with E-state index >= 15 is 0 Å². The Hall–Kier alpha value is -1.57. The Labute approximate surface area is 145 Å². The fraction of sp³-hybridized carbons (Fsp3) is 0.765. The second-order valence-corrected chi connectivity index (χ2v) is 6.88. The van der Waals surface area contributed by atoms with Crippen LogP contribution in [0.2, 0.25) is 0 Å². The highest BCUT2D eigenvalue weighted by Crippen LogP contribution is 2.27. The predicted molar refractivity (Wildman–Crippen MR) is 87.5 cm³/mol. The third-order valence-corrected chi connectivity index (χ3v) is 5.08. The number of rotatable bonds is 4. The SMILES string of the molecule is CCn1nc(C(=O)N2CCCCC2)c2c1CC[C@@H](NCC(F)(F)F)C2. The Morgan fingerprint density at radius 2 is 2.00 bits per heavy atom. The lowest BCUT2D eigenvalue weighted by atomic mass is 9.91. The summed E-state index contributed by atoms with van der Waals surface area (Å²) in [5.41, 5.74) is 2.29. The summed E-state index contributed by atoms with van der Waals surface area (Å²) in [6, 6.07) is -0.267. The smallest absolute Gasteiger partial charge is 0.337 e. The number of carbonyl (C=O) groups is 1. The van der Waals surface area contributed by atoms with Crippen LogP contribution in [0.4, 0.5) is 13.2 Å². The minimum atomic E-state index is -4.22. The number of nitrogens with one attached hydrogen (secondary N) is 1. The molecule has 2 aliphatic rings. The van der Waals surface area contributed by atoms with Gasteiger partial charge < -0.3 is 10.2 Å². The normalized spacial score (nSPS) is 21.3. The van der Waals surface area contributed by atoms with Crippen LogP contribution < -0.4 is 5.32 Å². The number of hydrogen-bond donors (Lipinski definition) is 1. The molecule has 0 spiro atoms. The molecule has 1 saturated heterocycles. The number of alkyl halides is 3.